The summed E-state index contributed by atoms with van der Waals surface area (Å²) in [5.41, 5.74) is 1.17. The summed E-state index contributed by atoms with van der Waals surface area (Å²) in [6, 6.07) is 13.6. The van der Waals surface area contributed by atoms with Gasteiger partial charge in [0.25, 0.3) is 0 Å². The molecule has 4 rings (SSSR count). The fourth-order valence-corrected chi connectivity index (χ4v) is 7.56. The van der Waals surface area contributed by atoms with Crippen molar-refractivity contribution in [3.8, 4) is 17.2 Å². The second-order valence-corrected chi connectivity index (χ2v) is 12.2. The second-order valence-electron chi connectivity index (χ2n) is 10.3. The van der Waals surface area contributed by atoms with Crippen molar-refractivity contribution in [3.63, 3.8) is 0 Å². The number of benzene rings is 2. The van der Waals surface area contributed by atoms with E-state index in [2.05, 4.69) is 41.8 Å². The molecule has 1 aliphatic carbocycles. The van der Waals surface area contributed by atoms with Crippen LogP contribution in [-0.2, 0) is 10.0 Å². The lowest BCUT2D eigenvalue weighted by Crippen LogP contribution is -2.52. The number of nitrogens with zero attached hydrogens (tertiary/aromatic N) is 3. The van der Waals surface area contributed by atoms with E-state index < -0.39 is 10.0 Å². The highest BCUT2D eigenvalue weighted by Crippen LogP contribution is 2.35. The van der Waals surface area contributed by atoms with E-state index in [0.29, 0.717) is 24.1 Å². The normalized spacial score (nSPS) is 21.1. The maximum atomic E-state index is 13.6. The van der Waals surface area contributed by atoms with Crippen LogP contribution in [0.4, 0.5) is 5.69 Å². The average Bonchev–Trinajstić information content (AvgIpc) is 2.93. The van der Waals surface area contributed by atoms with Gasteiger partial charge < -0.3 is 19.1 Å². The van der Waals surface area contributed by atoms with Crippen molar-refractivity contribution in [2.75, 3.05) is 51.8 Å². The maximum Gasteiger partial charge on any atom is 0.243 e. The number of sulfonamides is 1. The van der Waals surface area contributed by atoms with Crippen LogP contribution in [0.2, 0.25) is 0 Å². The number of para-hydroxylation sites is 2. The third-order valence-electron chi connectivity index (χ3n) is 7.75. The van der Waals surface area contributed by atoms with Gasteiger partial charge in [-0.25, -0.2) is 8.42 Å². The van der Waals surface area contributed by atoms with Gasteiger partial charge >= 0.3 is 0 Å². The predicted octanol–water partition coefficient (Wildman–Crippen LogP) is 4.64. The summed E-state index contributed by atoms with van der Waals surface area (Å²) in [7, 11) is -0.572. The molecule has 1 heterocycles. The highest BCUT2D eigenvalue weighted by atomic mass is 32.2. The summed E-state index contributed by atoms with van der Waals surface area (Å²) < 4.78 is 45.5. The van der Waals surface area contributed by atoms with Gasteiger partial charge in [0.05, 0.1) is 30.9 Å². The molecule has 2 aromatic carbocycles. The molecule has 0 radical (unpaired) electrons. The standard InChI is InChI=1S/C29H43N3O5S/c1-6-32(38(33,34)25-15-16-28(35-4)29(21-25)36-5)24-13-11-23(12-14-24)30-17-19-31(20-18-30)26-9-7-8-10-27(26)37-22(2)3/h7-10,15-16,21-24H,6,11-14,17-20H2,1-5H3. The van der Waals surface area contributed by atoms with E-state index in [0.717, 1.165) is 57.6 Å². The average molecular weight is 546 g/mol. The van der Waals surface area contributed by atoms with Gasteiger partial charge in [-0.05, 0) is 63.8 Å². The summed E-state index contributed by atoms with van der Waals surface area (Å²) >= 11 is 0. The molecule has 38 heavy (non-hydrogen) atoms. The van der Waals surface area contributed by atoms with Gasteiger partial charge in [0.1, 0.15) is 5.75 Å². The van der Waals surface area contributed by atoms with E-state index in [-0.39, 0.29) is 17.0 Å². The molecular formula is C29H43N3O5S. The third-order valence-corrected chi connectivity index (χ3v) is 9.77. The molecule has 2 aliphatic rings. The van der Waals surface area contributed by atoms with Crippen molar-refractivity contribution >= 4 is 15.7 Å². The van der Waals surface area contributed by atoms with Gasteiger partial charge in [0.2, 0.25) is 10.0 Å². The Morgan fingerprint density at radius 3 is 2.16 bits per heavy atom. The Morgan fingerprint density at radius 2 is 1.55 bits per heavy atom. The lowest BCUT2D eigenvalue weighted by Gasteiger charge is -2.44. The quantitative estimate of drug-likeness (QED) is 0.431. The van der Waals surface area contributed by atoms with Crippen molar-refractivity contribution in [3.05, 3.63) is 42.5 Å². The first-order valence-electron chi connectivity index (χ1n) is 13.8. The summed E-state index contributed by atoms with van der Waals surface area (Å²) in [6.45, 7) is 10.4. The first kappa shape index (κ1) is 28.5. The lowest BCUT2D eigenvalue weighted by molar-refractivity contribution is 0.120. The molecular weight excluding hydrogens is 502 g/mol. The van der Waals surface area contributed by atoms with Crippen LogP contribution in [0.3, 0.4) is 0 Å². The van der Waals surface area contributed by atoms with Gasteiger partial charge in [-0.1, -0.05) is 19.1 Å². The van der Waals surface area contributed by atoms with Crippen molar-refractivity contribution in [1.29, 1.82) is 0 Å². The molecule has 1 saturated heterocycles. The number of hydrogen-bond donors (Lipinski definition) is 0. The smallest absolute Gasteiger partial charge is 0.243 e. The molecule has 0 spiro atoms. The van der Waals surface area contributed by atoms with Crippen LogP contribution in [-0.4, -0.2) is 82.8 Å². The zero-order valence-corrected chi connectivity index (χ0v) is 24.2. The Labute approximate surface area is 228 Å². The summed E-state index contributed by atoms with van der Waals surface area (Å²) in [5.74, 6) is 1.89. The first-order valence-corrected chi connectivity index (χ1v) is 15.2. The van der Waals surface area contributed by atoms with Gasteiger partial charge in [-0.3, -0.25) is 4.90 Å². The monoisotopic (exact) mass is 545 g/mol. The number of piperazine rings is 1. The van der Waals surface area contributed by atoms with Gasteiger partial charge in [0, 0.05) is 50.9 Å². The highest BCUT2D eigenvalue weighted by Gasteiger charge is 2.36. The fraction of sp³-hybridized carbons (Fsp3) is 0.586. The molecule has 0 N–H and O–H groups in total. The summed E-state index contributed by atoms with van der Waals surface area (Å²) in [5, 5.41) is 0. The lowest BCUT2D eigenvalue weighted by atomic mass is 9.89. The molecule has 1 saturated carbocycles. The van der Waals surface area contributed by atoms with E-state index in [1.165, 1.54) is 12.8 Å². The Kier molecular flexibility index (Phi) is 9.44. The van der Waals surface area contributed by atoms with Crippen molar-refractivity contribution in [2.45, 2.75) is 69.5 Å². The topological polar surface area (TPSA) is 71.6 Å². The molecule has 0 amide bonds. The molecule has 0 bridgehead atoms. The SMILES string of the molecule is CCN(C1CCC(N2CCN(c3ccccc3OC(C)C)CC2)CC1)S(=O)(=O)c1ccc(OC)c(OC)c1. The van der Waals surface area contributed by atoms with Crippen molar-refractivity contribution < 1.29 is 22.6 Å². The van der Waals surface area contributed by atoms with Crippen LogP contribution in [0.5, 0.6) is 17.2 Å². The van der Waals surface area contributed by atoms with Crippen LogP contribution in [0.25, 0.3) is 0 Å². The maximum absolute atomic E-state index is 13.6. The first-order chi connectivity index (χ1) is 18.3. The number of anilines is 1. The molecule has 8 nitrogen and oxygen atoms in total. The van der Waals surface area contributed by atoms with Crippen molar-refractivity contribution in [1.82, 2.24) is 9.21 Å². The van der Waals surface area contributed by atoms with Crippen LogP contribution in [0, 0.1) is 0 Å². The van der Waals surface area contributed by atoms with E-state index in [4.69, 9.17) is 14.2 Å². The van der Waals surface area contributed by atoms with E-state index in [1.54, 1.807) is 29.6 Å². The number of hydrogen-bond acceptors (Lipinski definition) is 7. The molecule has 210 valence electrons. The Hall–Kier alpha value is -2.49. The zero-order valence-electron chi connectivity index (χ0n) is 23.4. The molecule has 0 unspecified atom stereocenters. The number of rotatable bonds is 10. The van der Waals surface area contributed by atoms with E-state index in [9.17, 15) is 8.42 Å². The Balaban J connectivity index is 1.35. The highest BCUT2D eigenvalue weighted by molar-refractivity contribution is 7.89. The molecule has 2 aromatic rings. The zero-order chi connectivity index (χ0) is 27.3. The largest absolute Gasteiger partial charge is 0.493 e. The van der Waals surface area contributed by atoms with Crippen LogP contribution >= 0.6 is 0 Å². The molecule has 0 aromatic heterocycles. The predicted molar refractivity (Wildman–Crippen MR) is 151 cm³/mol. The van der Waals surface area contributed by atoms with E-state index in [1.807, 2.05) is 13.0 Å². The Bertz CT molecular complexity index is 1160. The molecule has 1 aliphatic heterocycles. The molecule has 2 fully saturated rings. The third kappa shape index (κ3) is 6.21. The minimum atomic E-state index is -3.64. The summed E-state index contributed by atoms with van der Waals surface area (Å²) in [4.78, 5) is 5.27. The number of ether oxygens (including phenoxy) is 3. The van der Waals surface area contributed by atoms with Gasteiger partial charge in [0.15, 0.2) is 11.5 Å². The number of methoxy groups -OCH3 is 2. The molecule has 0 atom stereocenters. The summed E-state index contributed by atoms with van der Waals surface area (Å²) in [6.07, 6.45) is 3.91. The van der Waals surface area contributed by atoms with Gasteiger partial charge in [-0.2, -0.15) is 4.31 Å². The second kappa shape index (κ2) is 12.6. The Morgan fingerprint density at radius 1 is 0.895 bits per heavy atom. The van der Waals surface area contributed by atoms with Gasteiger partial charge in [-0.15, -0.1) is 0 Å². The molecule has 9 heteroatoms. The van der Waals surface area contributed by atoms with Crippen LogP contribution < -0.4 is 19.1 Å². The minimum absolute atomic E-state index is 0.00990. The van der Waals surface area contributed by atoms with Crippen LogP contribution in [0.1, 0.15) is 46.5 Å². The minimum Gasteiger partial charge on any atom is -0.493 e. The van der Waals surface area contributed by atoms with Crippen molar-refractivity contribution in [2.24, 2.45) is 0 Å². The fourth-order valence-electron chi connectivity index (χ4n) is 5.85. The van der Waals surface area contributed by atoms with E-state index >= 15 is 0 Å². The van der Waals surface area contributed by atoms with Crippen LogP contribution in [0.15, 0.2) is 47.4 Å².